The molecule has 0 unspecified atom stereocenters. The second-order valence-electron chi connectivity index (χ2n) is 6.94. The molecule has 0 saturated heterocycles. The van der Waals surface area contributed by atoms with Crippen LogP contribution in [-0.2, 0) is 19.6 Å². The minimum Gasteiger partial charge on any atom is -0.543 e. The highest BCUT2D eigenvalue weighted by molar-refractivity contribution is 5.97. The highest BCUT2D eigenvalue weighted by Crippen LogP contribution is 2.27. The van der Waals surface area contributed by atoms with Crippen LogP contribution in [0.15, 0.2) is 78.9 Å². The fourth-order valence-corrected chi connectivity index (χ4v) is 3.70. The maximum absolute atomic E-state index is 13.4. The van der Waals surface area contributed by atoms with Crippen molar-refractivity contribution in [1.29, 1.82) is 0 Å². The molecule has 0 bridgehead atoms. The van der Waals surface area contributed by atoms with Gasteiger partial charge in [0.1, 0.15) is 5.82 Å². The Bertz CT molecular complexity index is 1150. The van der Waals surface area contributed by atoms with E-state index in [0.717, 1.165) is 22.0 Å². The first-order valence-corrected chi connectivity index (χ1v) is 9.44. The van der Waals surface area contributed by atoms with Crippen molar-refractivity contribution in [3.8, 4) is 0 Å². The van der Waals surface area contributed by atoms with Crippen molar-refractivity contribution in [3.63, 3.8) is 0 Å². The molecule has 1 N–H and O–H groups in total. The quantitative estimate of drug-likeness (QED) is 0.528. The first kappa shape index (κ1) is 18.9. The van der Waals surface area contributed by atoms with Crippen molar-refractivity contribution in [2.75, 3.05) is 0 Å². The van der Waals surface area contributed by atoms with Crippen LogP contribution in [0.5, 0.6) is 0 Å². The summed E-state index contributed by atoms with van der Waals surface area (Å²) in [6, 6.07) is 23.7. The van der Waals surface area contributed by atoms with Gasteiger partial charge in [-0.25, -0.2) is 4.39 Å². The number of hydrogen-bond donors (Lipinski definition) is 1. The Labute approximate surface area is 168 Å². The third-order valence-corrected chi connectivity index (χ3v) is 4.97. The lowest BCUT2D eigenvalue weighted by Gasteiger charge is -2.14. The minimum absolute atomic E-state index is 0.168. The molecule has 0 aliphatic carbocycles. The van der Waals surface area contributed by atoms with E-state index in [9.17, 15) is 14.3 Å². The Morgan fingerprint density at radius 2 is 1.62 bits per heavy atom. The van der Waals surface area contributed by atoms with Crippen LogP contribution in [0.4, 0.5) is 4.39 Å². The molecule has 146 valence electrons. The largest absolute Gasteiger partial charge is 0.543 e. The summed E-state index contributed by atoms with van der Waals surface area (Å²) in [6.45, 7) is 1.21. The minimum atomic E-state index is -1.21. The lowest BCUT2D eigenvalue weighted by atomic mass is 10.1. The van der Waals surface area contributed by atoms with Gasteiger partial charge in [0.25, 0.3) is 0 Å². The van der Waals surface area contributed by atoms with Crippen LogP contribution in [-0.4, -0.2) is 10.5 Å². The van der Waals surface area contributed by atoms with E-state index in [1.54, 1.807) is 10.6 Å². The average molecular weight is 387 g/mol. The van der Waals surface area contributed by atoms with E-state index in [1.807, 2.05) is 60.7 Å². The van der Waals surface area contributed by atoms with Gasteiger partial charge in [0.05, 0.1) is 11.7 Å². The number of nitrogens with one attached hydrogen (secondary N) is 1. The lowest BCUT2D eigenvalue weighted by Crippen LogP contribution is -2.28. The Hall–Kier alpha value is -3.44. The van der Waals surface area contributed by atoms with Crippen molar-refractivity contribution in [3.05, 3.63) is 107 Å². The third kappa shape index (κ3) is 4.05. The molecule has 0 fully saturated rings. The summed E-state index contributed by atoms with van der Waals surface area (Å²) in [5.41, 5.74) is 3.50. The van der Waals surface area contributed by atoms with Gasteiger partial charge < -0.3 is 19.8 Å². The molecule has 3 aromatic carbocycles. The van der Waals surface area contributed by atoms with E-state index in [2.05, 4.69) is 5.32 Å². The molecule has 0 aliphatic rings. The van der Waals surface area contributed by atoms with Crippen LogP contribution in [0.25, 0.3) is 10.9 Å². The second kappa shape index (κ2) is 8.29. The molecule has 1 aromatic heterocycles. The first-order chi connectivity index (χ1) is 14.1. The number of carbonyl (C=O) groups is 1. The topological polar surface area (TPSA) is 57.1 Å². The Morgan fingerprint density at radius 1 is 0.897 bits per heavy atom. The zero-order valence-corrected chi connectivity index (χ0v) is 15.8. The number of carboxylic acids is 1. The number of halogens is 1. The van der Waals surface area contributed by atoms with Gasteiger partial charge in [-0.05, 0) is 29.3 Å². The zero-order chi connectivity index (χ0) is 20.2. The monoisotopic (exact) mass is 387 g/mol. The van der Waals surface area contributed by atoms with Gasteiger partial charge in [-0.3, -0.25) is 0 Å². The number of benzene rings is 3. The highest BCUT2D eigenvalue weighted by atomic mass is 19.1. The SMILES string of the molecule is O=C([O-])c1c(CNCc2cccc(F)c2)c2ccccc2n1Cc1ccccc1. The van der Waals surface area contributed by atoms with E-state index in [0.29, 0.717) is 25.2 Å². The molecule has 4 aromatic rings. The van der Waals surface area contributed by atoms with Gasteiger partial charge >= 0.3 is 0 Å². The van der Waals surface area contributed by atoms with Crippen molar-refractivity contribution < 1.29 is 14.3 Å². The van der Waals surface area contributed by atoms with Crippen molar-refractivity contribution >= 4 is 16.9 Å². The van der Waals surface area contributed by atoms with Gasteiger partial charge in [0.2, 0.25) is 0 Å². The molecular weight excluding hydrogens is 367 g/mol. The van der Waals surface area contributed by atoms with Crippen LogP contribution in [0.1, 0.15) is 27.2 Å². The number of hydrogen-bond acceptors (Lipinski definition) is 3. The van der Waals surface area contributed by atoms with Crippen molar-refractivity contribution in [2.45, 2.75) is 19.6 Å². The molecule has 4 rings (SSSR count). The van der Waals surface area contributed by atoms with Gasteiger partial charge in [0, 0.05) is 36.1 Å². The van der Waals surface area contributed by atoms with Crippen LogP contribution in [0.2, 0.25) is 0 Å². The number of carboxylic acid groups (broad SMARTS) is 1. The average Bonchev–Trinajstić information content (AvgIpc) is 3.03. The molecule has 0 amide bonds. The van der Waals surface area contributed by atoms with Gasteiger partial charge in [-0.1, -0.05) is 60.7 Å². The normalized spacial score (nSPS) is 11.1. The van der Waals surface area contributed by atoms with Gasteiger partial charge in [-0.2, -0.15) is 0 Å². The van der Waals surface area contributed by atoms with Gasteiger partial charge in [0.15, 0.2) is 0 Å². The third-order valence-electron chi connectivity index (χ3n) is 4.97. The standard InChI is InChI=1S/C24H21FN2O2/c25-19-10-6-9-18(13-19)14-26-15-21-20-11-4-5-12-22(20)27(23(21)24(28)29)16-17-7-2-1-3-8-17/h1-13,26H,14-16H2,(H,28,29)/p-1. The number of para-hydroxylation sites is 1. The Balaban J connectivity index is 1.69. The summed E-state index contributed by atoms with van der Waals surface area (Å²) >= 11 is 0. The molecule has 0 atom stereocenters. The number of rotatable bonds is 7. The van der Waals surface area contributed by atoms with Gasteiger partial charge in [-0.15, -0.1) is 0 Å². The van der Waals surface area contributed by atoms with E-state index in [4.69, 9.17) is 0 Å². The highest BCUT2D eigenvalue weighted by Gasteiger charge is 2.17. The summed E-state index contributed by atoms with van der Waals surface area (Å²) in [7, 11) is 0. The maximum Gasteiger partial charge on any atom is 0.123 e. The number of aromatic nitrogens is 1. The van der Waals surface area contributed by atoms with Crippen molar-refractivity contribution in [1.82, 2.24) is 9.88 Å². The van der Waals surface area contributed by atoms with Crippen LogP contribution in [0.3, 0.4) is 0 Å². The molecule has 0 spiro atoms. The van der Waals surface area contributed by atoms with E-state index < -0.39 is 5.97 Å². The predicted octanol–water partition coefficient (Wildman–Crippen LogP) is 3.48. The fourth-order valence-electron chi connectivity index (χ4n) is 3.70. The van der Waals surface area contributed by atoms with Crippen LogP contribution >= 0.6 is 0 Å². The predicted molar refractivity (Wildman–Crippen MR) is 109 cm³/mol. The summed E-state index contributed by atoms with van der Waals surface area (Å²) in [4.78, 5) is 12.1. The van der Waals surface area contributed by atoms with E-state index in [-0.39, 0.29) is 11.5 Å². The molecule has 1 heterocycles. The second-order valence-corrected chi connectivity index (χ2v) is 6.94. The number of carbonyl (C=O) groups excluding carboxylic acids is 1. The molecular formula is C24H20FN2O2-. The molecule has 29 heavy (non-hydrogen) atoms. The van der Waals surface area contributed by atoms with Crippen LogP contribution < -0.4 is 10.4 Å². The smallest absolute Gasteiger partial charge is 0.123 e. The summed E-state index contributed by atoms with van der Waals surface area (Å²) in [5, 5.41) is 16.2. The first-order valence-electron chi connectivity index (χ1n) is 9.44. The zero-order valence-electron chi connectivity index (χ0n) is 15.8. The van der Waals surface area contributed by atoms with E-state index >= 15 is 0 Å². The molecule has 0 aliphatic heterocycles. The number of fused-ring (bicyclic) bond motifs is 1. The fraction of sp³-hybridized carbons (Fsp3) is 0.125. The maximum atomic E-state index is 13.4. The summed E-state index contributed by atoms with van der Waals surface area (Å²) < 4.78 is 15.2. The Morgan fingerprint density at radius 3 is 2.38 bits per heavy atom. The van der Waals surface area contributed by atoms with Crippen molar-refractivity contribution in [2.24, 2.45) is 0 Å². The number of nitrogens with zero attached hydrogens (tertiary/aromatic N) is 1. The Kier molecular flexibility index (Phi) is 5.40. The molecule has 5 heteroatoms. The number of aromatic carboxylic acids is 1. The summed E-state index contributed by atoms with van der Waals surface area (Å²) in [6.07, 6.45) is 0. The molecule has 4 nitrogen and oxygen atoms in total. The van der Waals surface area contributed by atoms with E-state index in [1.165, 1.54) is 12.1 Å². The van der Waals surface area contributed by atoms with Crippen LogP contribution in [0, 0.1) is 5.82 Å². The molecule has 0 saturated carbocycles. The summed E-state index contributed by atoms with van der Waals surface area (Å²) in [5.74, 6) is -1.50. The molecule has 0 radical (unpaired) electrons. The lowest BCUT2D eigenvalue weighted by molar-refractivity contribution is -0.255.